The first-order chi connectivity index (χ1) is 14.6. The van der Waals surface area contributed by atoms with Gasteiger partial charge in [-0.3, -0.25) is 0 Å². The van der Waals surface area contributed by atoms with Gasteiger partial charge in [0.25, 0.3) is 0 Å². The van der Waals surface area contributed by atoms with Crippen LogP contribution in [0.1, 0.15) is 22.8 Å². The van der Waals surface area contributed by atoms with Crippen molar-refractivity contribution in [1.29, 1.82) is 0 Å². The van der Waals surface area contributed by atoms with Crippen LogP contribution in [0.15, 0.2) is 69.9 Å². The molecule has 0 aliphatic heterocycles. The van der Waals surface area contributed by atoms with E-state index in [0.717, 1.165) is 21.7 Å². The Labute approximate surface area is 170 Å². The molecule has 5 rings (SSSR count). The molecule has 2 heterocycles. The van der Waals surface area contributed by atoms with E-state index in [1.54, 1.807) is 28.9 Å². The Bertz CT molecular complexity index is 1480. The van der Waals surface area contributed by atoms with Gasteiger partial charge in [0, 0.05) is 23.6 Å². The topological polar surface area (TPSA) is 87.2 Å². The molecule has 7 nitrogen and oxygen atoms in total. The van der Waals surface area contributed by atoms with E-state index >= 15 is 0 Å². The van der Waals surface area contributed by atoms with Crippen molar-refractivity contribution in [1.82, 2.24) is 15.0 Å². The van der Waals surface area contributed by atoms with Crippen LogP contribution in [0.4, 0.5) is 0 Å². The van der Waals surface area contributed by atoms with Gasteiger partial charge in [0.05, 0.1) is 11.1 Å². The molecule has 0 aliphatic carbocycles. The van der Waals surface area contributed by atoms with E-state index in [9.17, 15) is 9.59 Å². The molecule has 2 aromatic heterocycles. The van der Waals surface area contributed by atoms with Crippen molar-refractivity contribution in [2.24, 2.45) is 0 Å². The van der Waals surface area contributed by atoms with Gasteiger partial charge in [-0.25, -0.2) is 14.3 Å². The molecule has 0 bridgehead atoms. The molecule has 0 N–H and O–H groups in total. The Morgan fingerprint density at radius 2 is 1.97 bits per heavy atom. The van der Waals surface area contributed by atoms with Gasteiger partial charge >= 0.3 is 11.6 Å². The van der Waals surface area contributed by atoms with E-state index < -0.39 is 11.6 Å². The second-order valence-corrected chi connectivity index (χ2v) is 6.94. The minimum atomic E-state index is -0.496. The van der Waals surface area contributed by atoms with Crippen LogP contribution in [0.3, 0.4) is 0 Å². The molecule has 0 atom stereocenters. The number of carbonyl (C=O) groups is 1. The number of carbonyl (C=O) groups excluding carboxylic acids is 1. The Kier molecular flexibility index (Phi) is 4.28. The summed E-state index contributed by atoms with van der Waals surface area (Å²) in [6, 6.07) is 18.0. The number of esters is 1. The van der Waals surface area contributed by atoms with Crippen molar-refractivity contribution >= 4 is 38.7 Å². The third kappa shape index (κ3) is 3.00. The second-order valence-electron chi connectivity index (χ2n) is 6.94. The maximum atomic E-state index is 12.6. The van der Waals surface area contributed by atoms with Gasteiger partial charge < -0.3 is 9.15 Å². The van der Waals surface area contributed by atoms with Crippen LogP contribution in [0, 0.1) is 0 Å². The minimum absolute atomic E-state index is 0.0470. The zero-order valence-electron chi connectivity index (χ0n) is 16.2. The largest absolute Gasteiger partial charge is 0.457 e. The quantitative estimate of drug-likeness (QED) is 0.257. The van der Waals surface area contributed by atoms with Crippen molar-refractivity contribution in [2.45, 2.75) is 20.1 Å². The highest BCUT2D eigenvalue weighted by molar-refractivity contribution is 6.07. The molecular weight excluding hydrogens is 382 g/mol. The normalized spacial score (nSPS) is 11.4. The standard InChI is InChI=1S/C23H17N3O4/c1-2-26-19-9-7-15(11-18(19)24-25-26)23(28)29-13-16-12-21(27)30-20-10-8-14-5-3-4-6-17(14)22(16)20/h3-12H,2,13H2,1H3. The molecule has 0 unspecified atom stereocenters. The van der Waals surface area contributed by atoms with Crippen molar-refractivity contribution in [3.05, 3.63) is 82.2 Å². The maximum absolute atomic E-state index is 12.6. The van der Waals surface area contributed by atoms with Gasteiger partial charge in [-0.05, 0) is 42.0 Å². The predicted molar refractivity (Wildman–Crippen MR) is 112 cm³/mol. The fourth-order valence-electron chi connectivity index (χ4n) is 3.69. The molecule has 0 saturated carbocycles. The van der Waals surface area contributed by atoms with Crippen molar-refractivity contribution in [3.63, 3.8) is 0 Å². The molecule has 148 valence electrons. The van der Waals surface area contributed by atoms with Gasteiger partial charge in [-0.15, -0.1) is 5.10 Å². The first-order valence-electron chi connectivity index (χ1n) is 9.59. The van der Waals surface area contributed by atoms with Crippen LogP contribution in [0.2, 0.25) is 0 Å². The summed E-state index contributed by atoms with van der Waals surface area (Å²) in [5.74, 6) is -0.496. The lowest BCUT2D eigenvalue weighted by molar-refractivity contribution is 0.0474. The highest BCUT2D eigenvalue weighted by Crippen LogP contribution is 2.28. The van der Waals surface area contributed by atoms with E-state index in [1.165, 1.54) is 6.07 Å². The van der Waals surface area contributed by atoms with E-state index in [4.69, 9.17) is 9.15 Å². The molecular formula is C23H17N3O4. The van der Waals surface area contributed by atoms with E-state index in [0.29, 0.717) is 28.8 Å². The molecule has 5 aromatic rings. The SMILES string of the molecule is CCn1nnc2cc(C(=O)OCc3cc(=O)oc4ccc5ccccc5c34)ccc21. The number of fused-ring (bicyclic) bond motifs is 4. The lowest BCUT2D eigenvalue weighted by Gasteiger charge is -2.10. The highest BCUT2D eigenvalue weighted by Gasteiger charge is 2.14. The summed E-state index contributed by atoms with van der Waals surface area (Å²) in [4.78, 5) is 24.7. The molecule has 0 radical (unpaired) electrons. The monoisotopic (exact) mass is 399 g/mol. The average Bonchev–Trinajstić information content (AvgIpc) is 3.19. The number of nitrogens with zero attached hydrogens (tertiary/aromatic N) is 3. The van der Waals surface area contributed by atoms with Crippen LogP contribution in [0.5, 0.6) is 0 Å². The van der Waals surface area contributed by atoms with Crippen LogP contribution in [-0.2, 0) is 17.9 Å². The number of ether oxygens (including phenoxy) is 1. The van der Waals surface area contributed by atoms with Crippen LogP contribution < -0.4 is 5.63 Å². The smallest absolute Gasteiger partial charge is 0.338 e. The number of aromatic nitrogens is 3. The molecule has 0 spiro atoms. The van der Waals surface area contributed by atoms with Crippen LogP contribution in [-0.4, -0.2) is 21.0 Å². The molecule has 0 aliphatic rings. The predicted octanol–water partition coefficient (Wildman–Crippen LogP) is 4.07. The first-order valence-corrected chi connectivity index (χ1v) is 9.59. The lowest BCUT2D eigenvalue weighted by atomic mass is 10.0. The lowest BCUT2D eigenvalue weighted by Crippen LogP contribution is -2.08. The Morgan fingerprint density at radius 3 is 2.83 bits per heavy atom. The summed E-state index contributed by atoms with van der Waals surface area (Å²) in [7, 11) is 0. The fraction of sp³-hybridized carbons (Fsp3) is 0.130. The summed E-state index contributed by atoms with van der Waals surface area (Å²) in [5.41, 5.74) is 2.44. The van der Waals surface area contributed by atoms with Gasteiger partial charge in [-0.1, -0.05) is 35.5 Å². The van der Waals surface area contributed by atoms with E-state index in [-0.39, 0.29) is 6.61 Å². The Morgan fingerprint density at radius 1 is 1.10 bits per heavy atom. The highest BCUT2D eigenvalue weighted by atomic mass is 16.5. The number of rotatable bonds is 4. The fourth-order valence-corrected chi connectivity index (χ4v) is 3.69. The van der Waals surface area contributed by atoms with Crippen molar-refractivity contribution < 1.29 is 13.9 Å². The Balaban J connectivity index is 1.49. The van der Waals surface area contributed by atoms with Gasteiger partial charge in [0.2, 0.25) is 0 Å². The molecule has 0 saturated heterocycles. The average molecular weight is 399 g/mol. The summed E-state index contributed by atoms with van der Waals surface area (Å²) in [6.07, 6.45) is 0. The van der Waals surface area contributed by atoms with Gasteiger partial charge in [-0.2, -0.15) is 0 Å². The molecule has 7 heteroatoms. The molecule has 30 heavy (non-hydrogen) atoms. The number of hydrogen-bond acceptors (Lipinski definition) is 6. The number of hydrogen-bond donors (Lipinski definition) is 0. The van der Waals surface area contributed by atoms with E-state index in [2.05, 4.69) is 10.3 Å². The minimum Gasteiger partial charge on any atom is -0.457 e. The van der Waals surface area contributed by atoms with E-state index in [1.807, 2.05) is 37.3 Å². The molecule has 3 aromatic carbocycles. The van der Waals surface area contributed by atoms with Gasteiger partial charge in [0.15, 0.2) is 0 Å². The van der Waals surface area contributed by atoms with Gasteiger partial charge in [0.1, 0.15) is 17.7 Å². The zero-order chi connectivity index (χ0) is 20.7. The summed E-state index contributed by atoms with van der Waals surface area (Å²) in [5, 5.41) is 10.8. The Hall–Kier alpha value is -4.00. The summed E-state index contributed by atoms with van der Waals surface area (Å²) in [6.45, 7) is 2.62. The summed E-state index contributed by atoms with van der Waals surface area (Å²) >= 11 is 0. The zero-order valence-corrected chi connectivity index (χ0v) is 16.2. The molecule has 0 fully saturated rings. The van der Waals surface area contributed by atoms with Crippen molar-refractivity contribution in [3.8, 4) is 0 Å². The van der Waals surface area contributed by atoms with Crippen molar-refractivity contribution in [2.75, 3.05) is 0 Å². The second kappa shape index (κ2) is 7.11. The first kappa shape index (κ1) is 18.1. The molecule has 0 amide bonds. The van der Waals surface area contributed by atoms with Crippen LogP contribution in [0.25, 0.3) is 32.8 Å². The number of aryl methyl sites for hydroxylation is 1. The maximum Gasteiger partial charge on any atom is 0.338 e. The number of benzene rings is 3. The third-order valence-corrected chi connectivity index (χ3v) is 5.12. The summed E-state index contributed by atoms with van der Waals surface area (Å²) < 4.78 is 12.6. The van der Waals surface area contributed by atoms with Crippen LogP contribution >= 0.6 is 0 Å². The third-order valence-electron chi connectivity index (χ3n) is 5.12.